The van der Waals surface area contributed by atoms with Crippen molar-refractivity contribution in [3.8, 4) is 5.75 Å². The van der Waals surface area contributed by atoms with Gasteiger partial charge in [-0.2, -0.15) is 0 Å². The Morgan fingerprint density at radius 1 is 1.09 bits per heavy atom. The van der Waals surface area contributed by atoms with Crippen LogP contribution < -0.4 is 10.1 Å². The van der Waals surface area contributed by atoms with Crippen molar-refractivity contribution in [2.24, 2.45) is 5.92 Å². The van der Waals surface area contributed by atoms with Gasteiger partial charge in [0.1, 0.15) is 6.61 Å². The van der Waals surface area contributed by atoms with E-state index in [4.69, 9.17) is 4.74 Å². The van der Waals surface area contributed by atoms with Crippen LogP contribution in [-0.2, 0) is 13.0 Å². The highest BCUT2D eigenvalue weighted by molar-refractivity contribution is 5.30. The van der Waals surface area contributed by atoms with Crippen LogP contribution in [0.4, 0.5) is 4.39 Å². The number of rotatable bonds is 5. The van der Waals surface area contributed by atoms with E-state index in [0.717, 1.165) is 30.6 Å². The van der Waals surface area contributed by atoms with Crippen LogP contribution in [0.3, 0.4) is 0 Å². The van der Waals surface area contributed by atoms with Gasteiger partial charge in [0.05, 0.1) is 0 Å². The zero-order chi connectivity index (χ0) is 15.2. The van der Waals surface area contributed by atoms with Crippen molar-refractivity contribution in [1.29, 1.82) is 0 Å². The van der Waals surface area contributed by atoms with E-state index < -0.39 is 0 Å². The number of benzene rings is 2. The fourth-order valence-electron chi connectivity index (χ4n) is 2.96. The third kappa shape index (κ3) is 4.08. The number of piperidine rings is 1. The minimum atomic E-state index is -0.266. The molecule has 1 atom stereocenters. The lowest BCUT2D eigenvalue weighted by atomic mass is 9.92. The highest BCUT2D eigenvalue weighted by Gasteiger charge is 2.14. The average molecular weight is 299 g/mol. The molecule has 1 heterocycles. The van der Waals surface area contributed by atoms with E-state index >= 15 is 0 Å². The molecule has 1 N–H and O–H groups in total. The van der Waals surface area contributed by atoms with Crippen molar-refractivity contribution in [3.63, 3.8) is 0 Å². The first-order valence-electron chi connectivity index (χ1n) is 7.97. The molecule has 3 rings (SSSR count). The third-order valence-electron chi connectivity index (χ3n) is 4.16. The van der Waals surface area contributed by atoms with Gasteiger partial charge in [-0.15, -0.1) is 0 Å². The summed E-state index contributed by atoms with van der Waals surface area (Å²) in [6, 6.07) is 15.2. The van der Waals surface area contributed by atoms with Crippen molar-refractivity contribution in [2.75, 3.05) is 13.1 Å². The smallest absolute Gasteiger partial charge is 0.165 e. The number of ether oxygens (including phenoxy) is 1. The van der Waals surface area contributed by atoms with Gasteiger partial charge in [-0.25, -0.2) is 4.39 Å². The van der Waals surface area contributed by atoms with Crippen molar-refractivity contribution < 1.29 is 9.13 Å². The lowest BCUT2D eigenvalue weighted by molar-refractivity contribution is 0.290. The second-order valence-corrected chi connectivity index (χ2v) is 5.96. The van der Waals surface area contributed by atoms with Gasteiger partial charge in [-0.3, -0.25) is 0 Å². The molecule has 1 aliphatic rings. The molecule has 0 amide bonds. The summed E-state index contributed by atoms with van der Waals surface area (Å²) in [6.45, 7) is 2.54. The van der Waals surface area contributed by atoms with Crippen LogP contribution in [0.2, 0.25) is 0 Å². The van der Waals surface area contributed by atoms with Crippen LogP contribution in [0.5, 0.6) is 5.75 Å². The van der Waals surface area contributed by atoms with E-state index in [9.17, 15) is 4.39 Å². The molecule has 0 bridgehead atoms. The third-order valence-corrected chi connectivity index (χ3v) is 4.16. The summed E-state index contributed by atoms with van der Waals surface area (Å²) in [5.74, 6) is 0.677. The van der Waals surface area contributed by atoms with Crippen molar-refractivity contribution in [2.45, 2.75) is 25.9 Å². The Morgan fingerprint density at radius 2 is 1.95 bits per heavy atom. The van der Waals surface area contributed by atoms with Gasteiger partial charge in [0.25, 0.3) is 0 Å². The number of halogens is 1. The molecule has 0 saturated carbocycles. The van der Waals surface area contributed by atoms with Gasteiger partial charge in [0.15, 0.2) is 11.6 Å². The maximum absolute atomic E-state index is 14.2. The average Bonchev–Trinajstić information content (AvgIpc) is 2.56. The maximum Gasteiger partial charge on any atom is 0.165 e. The molecule has 1 unspecified atom stereocenters. The highest BCUT2D eigenvalue weighted by Crippen LogP contribution is 2.23. The Kier molecular flexibility index (Phi) is 5.07. The van der Waals surface area contributed by atoms with E-state index in [-0.39, 0.29) is 5.82 Å². The molecule has 1 aliphatic heterocycles. The van der Waals surface area contributed by atoms with E-state index in [2.05, 4.69) is 5.32 Å². The fraction of sp³-hybridized carbons (Fsp3) is 0.368. The minimum absolute atomic E-state index is 0.266. The molecule has 1 fully saturated rings. The highest BCUT2D eigenvalue weighted by atomic mass is 19.1. The van der Waals surface area contributed by atoms with Crippen LogP contribution in [-0.4, -0.2) is 13.1 Å². The van der Waals surface area contributed by atoms with Crippen LogP contribution >= 0.6 is 0 Å². The fourth-order valence-corrected chi connectivity index (χ4v) is 2.96. The summed E-state index contributed by atoms with van der Waals surface area (Å²) in [7, 11) is 0. The van der Waals surface area contributed by atoms with Crippen LogP contribution in [0.15, 0.2) is 48.5 Å². The second-order valence-electron chi connectivity index (χ2n) is 5.96. The summed E-state index contributed by atoms with van der Waals surface area (Å²) >= 11 is 0. The van der Waals surface area contributed by atoms with Crippen molar-refractivity contribution in [1.82, 2.24) is 5.32 Å². The predicted octanol–water partition coefficient (Wildman–Crippen LogP) is 3.95. The Morgan fingerprint density at radius 3 is 2.68 bits per heavy atom. The molecule has 3 heteroatoms. The Labute approximate surface area is 131 Å². The zero-order valence-corrected chi connectivity index (χ0v) is 12.7. The first-order valence-corrected chi connectivity index (χ1v) is 7.97. The summed E-state index contributed by atoms with van der Waals surface area (Å²) in [5, 5.41) is 3.40. The molecular weight excluding hydrogens is 277 g/mol. The topological polar surface area (TPSA) is 21.3 Å². The lowest BCUT2D eigenvalue weighted by Crippen LogP contribution is -2.30. The molecule has 2 aromatic rings. The number of hydrogen-bond donors (Lipinski definition) is 1. The molecule has 0 spiro atoms. The van der Waals surface area contributed by atoms with Gasteiger partial charge in [0, 0.05) is 0 Å². The summed E-state index contributed by atoms with van der Waals surface area (Å²) < 4.78 is 19.7. The SMILES string of the molecule is Fc1cc(CC2CCCNC2)ccc1OCc1ccccc1. The molecule has 2 aromatic carbocycles. The van der Waals surface area contributed by atoms with E-state index in [1.54, 1.807) is 12.1 Å². The van der Waals surface area contributed by atoms with Gasteiger partial charge in [-0.05, 0) is 61.5 Å². The molecule has 116 valence electrons. The van der Waals surface area contributed by atoms with Gasteiger partial charge in [-0.1, -0.05) is 36.4 Å². The van der Waals surface area contributed by atoms with E-state index in [1.165, 1.54) is 12.8 Å². The molecule has 22 heavy (non-hydrogen) atoms. The van der Waals surface area contributed by atoms with Gasteiger partial charge in [0.2, 0.25) is 0 Å². The van der Waals surface area contributed by atoms with Crippen LogP contribution in [0.1, 0.15) is 24.0 Å². The summed E-state index contributed by atoms with van der Waals surface area (Å²) in [6.07, 6.45) is 3.37. The molecule has 1 saturated heterocycles. The molecule has 0 radical (unpaired) electrons. The zero-order valence-electron chi connectivity index (χ0n) is 12.7. The van der Waals surface area contributed by atoms with Crippen LogP contribution in [0.25, 0.3) is 0 Å². The van der Waals surface area contributed by atoms with E-state index in [0.29, 0.717) is 18.3 Å². The summed E-state index contributed by atoms with van der Waals surface area (Å²) in [4.78, 5) is 0. The monoisotopic (exact) mass is 299 g/mol. The molecular formula is C19H22FNO. The normalized spacial score (nSPS) is 18.1. The molecule has 2 nitrogen and oxygen atoms in total. The maximum atomic E-state index is 14.2. The molecule has 0 aliphatic carbocycles. The summed E-state index contributed by atoms with van der Waals surface area (Å²) in [5.41, 5.74) is 2.09. The first kappa shape index (κ1) is 15.0. The Balaban J connectivity index is 1.59. The number of hydrogen-bond acceptors (Lipinski definition) is 2. The molecule has 0 aromatic heterocycles. The van der Waals surface area contributed by atoms with Crippen molar-refractivity contribution >= 4 is 0 Å². The first-order chi connectivity index (χ1) is 10.8. The second kappa shape index (κ2) is 7.41. The number of nitrogens with one attached hydrogen (secondary N) is 1. The van der Waals surface area contributed by atoms with E-state index in [1.807, 2.05) is 36.4 Å². The standard InChI is InChI=1S/C19H22FNO/c20-18-12-16(11-17-7-4-10-21-13-17)8-9-19(18)22-14-15-5-2-1-3-6-15/h1-3,5-6,8-9,12,17,21H,4,7,10-11,13-14H2. The quantitative estimate of drug-likeness (QED) is 0.902. The van der Waals surface area contributed by atoms with Gasteiger partial charge < -0.3 is 10.1 Å². The predicted molar refractivity (Wildman–Crippen MR) is 86.5 cm³/mol. The Hall–Kier alpha value is -1.87. The largest absolute Gasteiger partial charge is 0.486 e. The Bertz CT molecular complexity index is 594. The van der Waals surface area contributed by atoms with Crippen molar-refractivity contribution in [3.05, 3.63) is 65.5 Å². The van der Waals surface area contributed by atoms with Crippen LogP contribution in [0, 0.1) is 11.7 Å². The lowest BCUT2D eigenvalue weighted by Gasteiger charge is -2.22. The minimum Gasteiger partial charge on any atom is -0.486 e. The van der Waals surface area contributed by atoms with Gasteiger partial charge >= 0.3 is 0 Å².